The molecule has 1 aliphatic rings. The highest BCUT2D eigenvalue weighted by Crippen LogP contribution is 2.32. The summed E-state index contributed by atoms with van der Waals surface area (Å²) in [6.45, 7) is 2.14. The van der Waals surface area contributed by atoms with E-state index in [0.29, 0.717) is 24.4 Å². The predicted octanol–water partition coefficient (Wildman–Crippen LogP) is 2.19. The number of rotatable bonds is 3. The predicted molar refractivity (Wildman–Crippen MR) is 83.0 cm³/mol. The number of nitrogens with zero attached hydrogens (tertiary/aromatic N) is 2. The van der Waals surface area contributed by atoms with Crippen molar-refractivity contribution in [2.75, 3.05) is 32.6 Å². The number of amides is 1. The second-order valence-corrected chi connectivity index (χ2v) is 5.22. The van der Waals surface area contributed by atoms with Crippen LogP contribution in [-0.2, 0) is 16.0 Å². The number of benzene rings is 1. The van der Waals surface area contributed by atoms with Gasteiger partial charge in [-0.2, -0.15) is 0 Å². The summed E-state index contributed by atoms with van der Waals surface area (Å²) in [5, 5.41) is 0. The van der Waals surface area contributed by atoms with Gasteiger partial charge in [0.1, 0.15) is 5.75 Å². The van der Waals surface area contributed by atoms with Crippen LogP contribution in [0.3, 0.4) is 0 Å². The van der Waals surface area contributed by atoms with Crippen molar-refractivity contribution in [2.24, 2.45) is 0 Å². The van der Waals surface area contributed by atoms with Crippen LogP contribution in [0.25, 0.3) is 0 Å². The van der Waals surface area contributed by atoms with E-state index >= 15 is 0 Å². The summed E-state index contributed by atoms with van der Waals surface area (Å²) in [4.78, 5) is 26.6. The van der Waals surface area contributed by atoms with E-state index in [-0.39, 0.29) is 5.97 Å². The molecule has 118 valence electrons. The Morgan fingerprint density at radius 2 is 2.05 bits per heavy atom. The topological polar surface area (TPSA) is 59.1 Å². The average molecular weight is 304 g/mol. The maximum Gasteiger partial charge on any atom is 0.414 e. The van der Waals surface area contributed by atoms with E-state index in [1.807, 2.05) is 18.0 Å². The molecule has 0 aromatic heterocycles. The molecular formula is C16H20N2O4. The Kier molecular flexibility index (Phi) is 4.70. The van der Waals surface area contributed by atoms with Crippen LogP contribution in [0.2, 0.25) is 0 Å². The number of anilines is 1. The highest BCUT2D eigenvalue weighted by Gasteiger charge is 2.21. The molecule has 0 bridgehead atoms. The maximum absolute atomic E-state index is 11.8. The first kappa shape index (κ1) is 15.9. The smallest absolute Gasteiger partial charge is 0.414 e. The fourth-order valence-electron chi connectivity index (χ4n) is 2.18. The summed E-state index contributed by atoms with van der Waals surface area (Å²) in [7, 11) is 5.09. The van der Waals surface area contributed by atoms with Crippen LogP contribution in [0.5, 0.6) is 5.75 Å². The van der Waals surface area contributed by atoms with Crippen molar-refractivity contribution >= 4 is 17.7 Å². The van der Waals surface area contributed by atoms with Crippen molar-refractivity contribution in [3.63, 3.8) is 0 Å². The summed E-state index contributed by atoms with van der Waals surface area (Å²) in [6.07, 6.45) is 1.82. The van der Waals surface area contributed by atoms with Crippen LogP contribution in [0.4, 0.5) is 10.5 Å². The Hall–Kier alpha value is -2.50. The number of ether oxygens (including phenoxy) is 2. The molecule has 0 saturated carbocycles. The molecule has 0 radical (unpaired) electrons. The Labute approximate surface area is 129 Å². The zero-order valence-corrected chi connectivity index (χ0v) is 13.3. The largest absolute Gasteiger partial charge is 0.463 e. The molecule has 1 aromatic carbocycles. The van der Waals surface area contributed by atoms with Crippen LogP contribution >= 0.6 is 0 Å². The monoisotopic (exact) mass is 304 g/mol. The van der Waals surface area contributed by atoms with E-state index < -0.39 is 6.09 Å². The van der Waals surface area contributed by atoms with Gasteiger partial charge in [-0.1, -0.05) is 6.07 Å². The lowest BCUT2D eigenvalue weighted by molar-refractivity contribution is -0.138. The fourth-order valence-corrected chi connectivity index (χ4v) is 2.18. The summed E-state index contributed by atoms with van der Waals surface area (Å²) < 4.78 is 10.3. The van der Waals surface area contributed by atoms with Crippen molar-refractivity contribution in [1.82, 2.24) is 4.90 Å². The van der Waals surface area contributed by atoms with Gasteiger partial charge in [0, 0.05) is 45.5 Å². The number of carbonyl (C=O) groups is 2. The van der Waals surface area contributed by atoms with Gasteiger partial charge in [-0.25, -0.2) is 9.59 Å². The molecule has 2 rings (SSSR count). The minimum Gasteiger partial charge on any atom is -0.463 e. The Bertz CT molecular complexity index is 623. The molecule has 22 heavy (non-hydrogen) atoms. The van der Waals surface area contributed by atoms with E-state index in [0.717, 1.165) is 11.3 Å². The molecule has 0 spiro atoms. The van der Waals surface area contributed by atoms with Crippen molar-refractivity contribution in [3.8, 4) is 5.75 Å². The third kappa shape index (κ3) is 3.39. The molecule has 1 aromatic rings. The zero-order valence-electron chi connectivity index (χ0n) is 13.3. The number of hydrogen-bond acceptors (Lipinski definition) is 5. The number of fused-ring (bicyclic) bond motifs is 1. The summed E-state index contributed by atoms with van der Waals surface area (Å²) >= 11 is 0. The molecule has 6 heteroatoms. The molecule has 0 aliphatic carbocycles. The van der Waals surface area contributed by atoms with Crippen LogP contribution in [0.1, 0.15) is 12.5 Å². The van der Waals surface area contributed by atoms with E-state index in [4.69, 9.17) is 9.47 Å². The van der Waals surface area contributed by atoms with Gasteiger partial charge in [-0.15, -0.1) is 0 Å². The van der Waals surface area contributed by atoms with Gasteiger partial charge in [0.05, 0.1) is 12.2 Å². The lowest BCUT2D eigenvalue weighted by Gasteiger charge is -2.25. The molecule has 1 heterocycles. The first-order valence-electron chi connectivity index (χ1n) is 7.05. The van der Waals surface area contributed by atoms with Gasteiger partial charge in [0.2, 0.25) is 0 Å². The Balaban J connectivity index is 2.20. The molecule has 1 aliphatic heterocycles. The molecule has 0 atom stereocenters. The minimum absolute atomic E-state index is 0.303. The van der Waals surface area contributed by atoms with Crippen molar-refractivity contribution in [2.45, 2.75) is 13.3 Å². The quantitative estimate of drug-likeness (QED) is 0.801. The summed E-state index contributed by atoms with van der Waals surface area (Å²) in [6, 6.07) is 5.37. The Morgan fingerprint density at radius 3 is 2.68 bits per heavy atom. The van der Waals surface area contributed by atoms with Gasteiger partial charge < -0.3 is 19.3 Å². The van der Waals surface area contributed by atoms with Gasteiger partial charge in [0.25, 0.3) is 0 Å². The maximum atomic E-state index is 11.8. The van der Waals surface area contributed by atoms with Crippen LogP contribution in [-0.4, -0.2) is 44.7 Å². The van der Waals surface area contributed by atoms with Crippen LogP contribution in [0, 0.1) is 0 Å². The molecular weight excluding hydrogens is 284 g/mol. The fraction of sp³-hybridized carbons (Fsp3) is 0.375. The van der Waals surface area contributed by atoms with Crippen molar-refractivity contribution in [1.29, 1.82) is 0 Å². The van der Waals surface area contributed by atoms with Crippen LogP contribution in [0.15, 0.2) is 30.0 Å². The molecule has 1 amide bonds. The molecule has 6 nitrogen and oxygen atoms in total. The molecule has 0 N–H and O–H groups in total. The van der Waals surface area contributed by atoms with E-state index in [9.17, 15) is 9.59 Å². The lowest BCUT2D eigenvalue weighted by atomic mass is 9.99. The van der Waals surface area contributed by atoms with Crippen molar-refractivity contribution in [3.05, 3.63) is 35.5 Å². The van der Waals surface area contributed by atoms with Crippen molar-refractivity contribution < 1.29 is 19.1 Å². The third-order valence-corrected chi connectivity index (χ3v) is 3.28. The van der Waals surface area contributed by atoms with Gasteiger partial charge in [-0.3, -0.25) is 0 Å². The van der Waals surface area contributed by atoms with E-state index in [1.165, 1.54) is 4.90 Å². The minimum atomic E-state index is -0.429. The lowest BCUT2D eigenvalue weighted by Crippen LogP contribution is -2.26. The zero-order chi connectivity index (χ0) is 16.3. The molecule has 0 unspecified atom stereocenters. The third-order valence-electron chi connectivity index (χ3n) is 3.28. The Morgan fingerprint density at radius 1 is 1.32 bits per heavy atom. The highest BCUT2D eigenvalue weighted by molar-refractivity contribution is 5.91. The number of hydrogen-bond donors (Lipinski definition) is 0. The second kappa shape index (κ2) is 6.51. The van der Waals surface area contributed by atoms with E-state index in [1.54, 1.807) is 39.4 Å². The summed E-state index contributed by atoms with van der Waals surface area (Å²) in [5.41, 5.74) is 2.49. The van der Waals surface area contributed by atoms with E-state index in [2.05, 4.69) is 0 Å². The first-order valence-corrected chi connectivity index (χ1v) is 7.05. The SMILES string of the molecule is CCOC(=O)C1=CN(C)c2cc(OC(=O)N(C)C)ccc2C1. The average Bonchev–Trinajstić information content (AvgIpc) is 2.47. The number of carbonyl (C=O) groups excluding carboxylic acids is 2. The first-order chi connectivity index (χ1) is 10.4. The summed E-state index contributed by atoms with van der Waals surface area (Å²) in [5.74, 6) is 0.167. The standard InChI is InChI=1S/C16H20N2O4/c1-5-21-15(19)12-8-11-6-7-13(22-16(20)17(2)3)9-14(11)18(4)10-12/h6-7,9-10H,5,8H2,1-4H3. The van der Waals surface area contributed by atoms with Crippen LogP contribution < -0.4 is 9.64 Å². The van der Waals surface area contributed by atoms with Gasteiger partial charge in [-0.05, 0) is 18.6 Å². The molecule has 0 saturated heterocycles. The van der Waals surface area contributed by atoms with Gasteiger partial charge >= 0.3 is 12.1 Å². The normalized spacial score (nSPS) is 13.1. The van der Waals surface area contributed by atoms with Gasteiger partial charge in [0.15, 0.2) is 0 Å². The second-order valence-electron chi connectivity index (χ2n) is 5.22. The highest BCUT2D eigenvalue weighted by atomic mass is 16.6. The number of esters is 1. The molecule has 0 fully saturated rings.